The van der Waals surface area contributed by atoms with Gasteiger partial charge in [-0.2, -0.15) is 0 Å². The van der Waals surface area contributed by atoms with E-state index in [4.69, 9.17) is 4.74 Å². The number of piperidine rings is 1. The molecule has 1 amide bonds. The molecule has 0 radical (unpaired) electrons. The van der Waals surface area contributed by atoms with E-state index in [0.717, 1.165) is 22.9 Å². The number of rotatable bonds is 6. The molecule has 8 heteroatoms. The van der Waals surface area contributed by atoms with E-state index in [1.54, 1.807) is 4.90 Å². The van der Waals surface area contributed by atoms with E-state index in [2.05, 4.69) is 4.72 Å². The summed E-state index contributed by atoms with van der Waals surface area (Å²) >= 11 is 0. The number of hydrogen-bond donors (Lipinski definition) is 1. The molecule has 1 heterocycles. The first kappa shape index (κ1) is 21.3. The molecule has 0 atom stereocenters. The van der Waals surface area contributed by atoms with Gasteiger partial charge in [0.2, 0.25) is 10.0 Å². The highest BCUT2D eigenvalue weighted by Gasteiger charge is 2.27. The number of carbonyl (C=O) groups excluding carboxylic acids is 1. The maximum Gasteiger partial charge on any atom is 0.260 e. The molecule has 0 aliphatic carbocycles. The van der Waals surface area contributed by atoms with E-state index in [0.29, 0.717) is 31.7 Å². The van der Waals surface area contributed by atoms with Crippen molar-refractivity contribution in [3.8, 4) is 5.75 Å². The Labute approximate surface area is 180 Å². The monoisotopic (exact) mass is 442 g/mol. The van der Waals surface area contributed by atoms with Gasteiger partial charge in [0.1, 0.15) is 11.6 Å². The van der Waals surface area contributed by atoms with Gasteiger partial charge in [-0.05, 0) is 60.0 Å². The molecule has 1 fully saturated rings. The number of halogens is 1. The number of ether oxygens (including phenoxy) is 1. The minimum atomic E-state index is -3.72. The molecule has 1 aliphatic heterocycles. The van der Waals surface area contributed by atoms with Crippen LogP contribution in [0.5, 0.6) is 5.75 Å². The Morgan fingerprint density at radius 1 is 1.00 bits per heavy atom. The van der Waals surface area contributed by atoms with Crippen molar-refractivity contribution in [1.29, 1.82) is 0 Å². The van der Waals surface area contributed by atoms with Gasteiger partial charge in [0.15, 0.2) is 6.61 Å². The quantitative estimate of drug-likeness (QED) is 0.636. The van der Waals surface area contributed by atoms with Crippen LogP contribution < -0.4 is 9.46 Å². The number of hydrogen-bond acceptors (Lipinski definition) is 4. The second-order valence-corrected chi connectivity index (χ2v) is 9.24. The van der Waals surface area contributed by atoms with Crippen molar-refractivity contribution >= 4 is 26.7 Å². The highest BCUT2D eigenvalue weighted by molar-refractivity contribution is 7.89. The first-order valence-corrected chi connectivity index (χ1v) is 11.6. The zero-order valence-electron chi connectivity index (χ0n) is 16.8. The Kier molecular flexibility index (Phi) is 6.20. The third kappa shape index (κ3) is 5.21. The standard InChI is InChI=1S/C23H23FN2O4S/c24-19-6-9-22(10-7-19)31(28,29)25-20-11-13-26(14-12-20)23(27)16-30-21-8-5-17-3-1-2-4-18(17)15-21/h1-10,15,20,25H,11-14,16H2. The van der Waals surface area contributed by atoms with E-state index in [1.165, 1.54) is 12.1 Å². The summed E-state index contributed by atoms with van der Waals surface area (Å²) in [6.07, 6.45) is 1.00. The molecule has 6 nitrogen and oxygen atoms in total. The first-order chi connectivity index (χ1) is 14.9. The lowest BCUT2D eigenvalue weighted by Crippen LogP contribution is -2.47. The van der Waals surface area contributed by atoms with Gasteiger partial charge < -0.3 is 9.64 Å². The summed E-state index contributed by atoms with van der Waals surface area (Å²) in [5, 5.41) is 2.15. The van der Waals surface area contributed by atoms with E-state index < -0.39 is 15.8 Å². The second kappa shape index (κ2) is 9.03. The smallest absolute Gasteiger partial charge is 0.260 e. The van der Waals surface area contributed by atoms with Crippen molar-refractivity contribution in [3.05, 3.63) is 72.5 Å². The highest BCUT2D eigenvalue weighted by Crippen LogP contribution is 2.21. The molecule has 31 heavy (non-hydrogen) atoms. The molecule has 1 saturated heterocycles. The normalized spacial score (nSPS) is 15.2. The summed E-state index contributed by atoms with van der Waals surface area (Å²) in [5.74, 6) is 0.0127. The predicted octanol–water partition coefficient (Wildman–Crippen LogP) is 3.33. The highest BCUT2D eigenvalue weighted by atomic mass is 32.2. The summed E-state index contributed by atoms with van der Waals surface area (Å²) < 4.78 is 46.2. The average Bonchev–Trinajstić information content (AvgIpc) is 2.78. The molecule has 4 rings (SSSR count). The van der Waals surface area contributed by atoms with Crippen LogP contribution in [0, 0.1) is 5.82 Å². The van der Waals surface area contributed by atoms with Gasteiger partial charge in [-0.1, -0.05) is 30.3 Å². The van der Waals surface area contributed by atoms with Crippen LogP contribution in [0.3, 0.4) is 0 Å². The summed E-state index contributed by atoms with van der Waals surface area (Å²) in [5.41, 5.74) is 0. The van der Waals surface area contributed by atoms with Crippen molar-refractivity contribution in [2.24, 2.45) is 0 Å². The van der Waals surface area contributed by atoms with Crippen molar-refractivity contribution in [2.75, 3.05) is 19.7 Å². The summed E-state index contributed by atoms with van der Waals surface area (Å²) in [4.78, 5) is 14.2. The molecule has 3 aromatic carbocycles. The molecule has 162 valence electrons. The largest absolute Gasteiger partial charge is 0.484 e. The van der Waals surface area contributed by atoms with Crippen molar-refractivity contribution < 1.29 is 22.3 Å². The van der Waals surface area contributed by atoms with E-state index in [-0.39, 0.29) is 23.5 Å². The lowest BCUT2D eigenvalue weighted by molar-refractivity contribution is -0.134. The minimum absolute atomic E-state index is 0.0243. The molecule has 0 saturated carbocycles. The fraction of sp³-hybridized carbons (Fsp3) is 0.261. The summed E-state index contributed by atoms with van der Waals surface area (Å²) in [7, 11) is -3.72. The molecule has 0 unspecified atom stereocenters. The molecule has 0 spiro atoms. The molecule has 1 N–H and O–H groups in total. The maximum absolute atomic E-state index is 13.0. The minimum Gasteiger partial charge on any atom is -0.484 e. The Hall–Kier alpha value is -2.97. The zero-order valence-corrected chi connectivity index (χ0v) is 17.6. The van der Waals surface area contributed by atoms with Crippen LogP contribution in [0.1, 0.15) is 12.8 Å². The number of nitrogens with zero attached hydrogens (tertiary/aromatic N) is 1. The number of likely N-dealkylation sites (tertiary alicyclic amines) is 1. The predicted molar refractivity (Wildman–Crippen MR) is 116 cm³/mol. The lowest BCUT2D eigenvalue weighted by Gasteiger charge is -2.32. The summed E-state index contributed by atoms with van der Waals surface area (Å²) in [6.45, 7) is 0.817. The third-order valence-corrected chi connectivity index (χ3v) is 6.91. The fourth-order valence-electron chi connectivity index (χ4n) is 3.64. The maximum atomic E-state index is 13.0. The van der Waals surface area contributed by atoms with E-state index in [9.17, 15) is 17.6 Å². The van der Waals surface area contributed by atoms with Crippen molar-refractivity contribution in [1.82, 2.24) is 9.62 Å². The average molecular weight is 443 g/mol. The Morgan fingerprint density at radius 3 is 2.39 bits per heavy atom. The first-order valence-electron chi connectivity index (χ1n) is 10.1. The fourth-order valence-corrected chi connectivity index (χ4v) is 4.95. The van der Waals surface area contributed by atoms with E-state index in [1.807, 2.05) is 42.5 Å². The number of carbonyl (C=O) groups is 1. The van der Waals surface area contributed by atoms with Crippen molar-refractivity contribution in [3.63, 3.8) is 0 Å². The Bertz CT molecular complexity index is 1170. The van der Waals surface area contributed by atoms with Crippen LogP contribution in [0.25, 0.3) is 10.8 Å². The van der Waals surface area contributed by atoms with Crippen LogP contribution in [0.4, 0.5) is 4.39 Å². The summed E-state index contributed by atoms with van der Waals surface area (Å²) in [6, 6.07) is 18.0. The van der Waals surface area contributed by atoms with Crippen LogP contribution in [-0.4, -0.2) is 45.0 Å². The van der Waals surface area contributed by atoms with Gasteiger partial charge >= 0.3 is 0 Å². The van der Waals surface area contributed by atoms with Crippen molar-refractivity contribution in [2.45, 2.75) is 23.8 Å². The second-order valence-electron chi connectivity index (χ2n) is 7.53. The number of fused-ring (bicyclic) bond motifs is 1. The number of sulfonamides is 1. The number of amides is 1. The van der Waals surface area contributed by atoms with Crippen LogP contribution in [-0.2, 0) is 14.8 Å². The van der Waals surface area contributed by atoms with Gasteiger partial charge in [-0.3, -0.25) is 4.79 Å². The third-order valence-electron chi connectivity index (χ3n) is 5.38. The Balaban J connectivity index is 1.27. The van der Waals surface area contributed by atoms with Crippen LogP contribution in [0.15, 0.2) is 71.6 Å². The molecular formula is C23H23FN2O4S. The van der Waals surface area contributed by atoms with Gasteiger partial charge in [-0.25, -0.2) is 17.5 Å². The van der Waals surface area contributed by atoms with Gasteiger partial charge in [0, 0.05) is 19.1 Å². The molecule has 0 bridgehead atoms. The van der Waals surface area contributed by atoms with Gasteiger partial charge in [-0.15, -0.1) is 0 Å². The molecule has 1 aliphatic rings. The van der Waals surface area contributed by atoms with Gasteiger partial charge in [0.05, 0.1) is 4.90 Å². The van der Waals surface area contributed by atoms with E-state index >= 15 is 0 Å². The molecule has 0 aromatic heterocycles. The SMILES string of the molecule is O=C(COc1ccc2ccccc2c1)N1CCC(NS(=O)(=O)c2ccc(F)cc2)CC1. The van der Waals surface area contributed by atoms with Crippen LogP contribution in [0.2, 0.25) is 0 Å². The lowest BCUT2D eigenvalue weighted by atomic mass is 10.1. The van der Waals surface area contributed by atoms with Gasteiger partial charge in [0.25, 0.3) is 5.91 Å². The topological polar surface area (TPSA) is 75.7 Å². The molecular weight excluding hydrogens is 419 g/mol. The number of benzene rings is 3. The number of nitrogens with one attached hydrogen (secondary N) is 1. The zero-order chi connectivity index (χ0) is 21.8. The molecule has 3 aromatic rings. The Morgan fingerprint density at radius 2 is 1.68 bits per heavy atom. The van der Waals surface area contributed by atoms with Crippen LogP contribution >= 0.6 is 0 Å².